The molecule has 0 radical (unpaired) electrons. The van der Waals surface area contributed by atoms with E-state index >= 15 is 0 Å². The summed E-state index contributed by atoms with van der Waals surface area (Å²) >= 11 is 0. The molecule has 0 atom stereocenters. The van der Waals surface area contributed by atoms with Crippen LogP contribution >= 0.6 is 0 Å². The van der Waals surface area contributed by atoms with Gasteiger partial charge in [0.15, 0.2) is 0 Å². The highest BCUT2D eigenvalue weighted by Crippen LogP contribution is 2.25. The number of hydrogen-bond donors (Lipinski definition) is 1. The lowest BCUT2D eigenvalue weighted by Crippen LogP contribution is -2.19. The van der Waals surface area contributed by atoms with Gasteiger partial charge in [0.05, 0.1) is 24.3 Å². The number of nitrogens with zero attached hydrogens (tertiary/aromatic N) is 4. The minimum absolute atomic E-state index is 0.0493. The molecule has 3 rings (SSSR count). The van der Waals surface area contributed by atoms with Crippen LogP contribution in [0.4, 0.5) is 5.82 Å². The summed E-state index contributed by atoms with van der Waals surface area (Å²) < 4.78 is 0. The molecule has 0 bridgehead atoms. The minimum atomic E-state index is -0.0493. The molecule has 1 aliphatic rings. The van der Waals surface area contributed by atoms with Crippen molar-refractivity contribution in [3.05, 3.63) is 45.5 Å². The molecule has 0 unspecified atom stereocenters. The summed E-state index contributed by atoms with van der Waals surface area (Å²) in [6.07, 6.45) is 3.29. The second kappa shape index (κ2) is 3.90. The van der Waals surface area contributed by atoms with Crippen LogP contribution in [-0.2, 0) is 13.1 Å². The Hall–Kier alpha value is -2.24. The molecule has 92 valence electrons. The number of aromatic nitrogens is 4. The molecule has 0 aliphatic carbocycles. The van der Waals surface area contributed by atoms with Crippen molar-refractivity contribution >= 4 is 5.82 Å². The maximum absolute atomic E-state index is 11.8. The molecular weight excluding hydrogens is 230 g/mol. The number of hydrogen-bond acceptors (Lipinski definition) is 5. The lowest BCUT2D eigenvalue weighted by Gasteiger charge is -2.17. The third kappa shape index (κ3) is 1.66. The van der Waals surface area contributed by atoms with E-state index in [1.807, 2.05) is 11.8 Å². The number of rotatable bonds is 1. The first-order valence-electron chi connectivity index (χ1n) is 5.75. The molecule has 0 saturated heterocycles. The van der Waals surface area contributed by atoms with Gasteiger partial charge in [0.25, 0.3) is 5.56 Å². The van der Waals surface area contributed by atoms with Crippen LogP contribution in [0.2, 0.25) is 0 Å². The van der Waals surface area contributed by atoms with Crippen molar-refractivity contribution in [2.45, 2.75) is 26.9 Å². The smallest absolute Gasteiger partial charge is 0.256 e. The fraction of sp³-hybridized carbons (Fsp3) is 0.333. The van der Waals surface area contributed by atoms with E-state index in [2.05, 4.69) is 19.9 Å². The van der Waals surface area contributed by atoms with E-state index in [1.165, 1.54) is 6.33 Å². The molecule has 6 heteroatoms. The molecule has 3 heterocycles. The predicted octanol–water partition coefficient (Wildman–Crippen LogP) is 0.697. The highest BCUT2D eigenvalue weighted by atomic mass is 16.1. The molecule has 18 heavy (non-hydrogen) atoms. The van der Waals surface area contributed by atoms with E-state index in [-0.39, 0.29) is 5.56 Å². The van der Waals surface area contributed by atoms with Crippen LogP contribution in [0.15, 0.2) is 17.3 Å². The molecule has 0 fully saturated rings. The third-order valence-corrected chi connectivity index (χ3v) is 3.08. The minimum Gasteiger partial charge on any atom is -0.346 e. The van der Waals surface area contributed by atoms with Gasteiger partial charge in [-0.25, -0.2) is 15.0 Å². The molecule has 0 amide bonds. The molecule has 1 N–H and O–H groups in total. The Kier molecular flexibility index (Phi) is 2.36. The van der Waals surface area contributed by atoms with E-state index in [0.717, 1.165) is 22.6 Å². The summed E-state index contributed by atoms with van der Waals surface area (Å²) in [4.78, 5) is 29.2. The summed E-state index contributed by atoms with van der Waals surface area (Å²) in [5.74, 6) is 1.51. The standard InChI is InChI=1S/C12H13N5O/c1-7-3-13-6-14-11(7)17-4-9-10(5-17)15-8(2)16-12(9)18/h3,6H,4-5H2,1-2H3,(H,15,16,18). The quantitative estimate of drug-likeness (QED) is 0.797. The van der Waals surface area contributed by atoms with E-state index < -0.39 is 0 Å². The summed E-state index contributed by atoms with van der Waals surface area (Å²) in [7, 11) is 0. The fourth-order valence-electron chi connectivity index (χ4n) is 2.26. The lowest BCUT2D eigenvalue weighted by atomic mass is 10.3. The van der Waals surface area contributed by atoms with Gasteiger partial charge < -0.3 is 9.88 Å². The maximum atomic E-state index is 11.8. The summed E-state index contributed by atoms with van der Waals surface area (Å²) in [5, 5.41) is 0. The first kappa shape index (κ1) is 10.9. The monoisotopic (exact) mass is 243 g/mol. The average Bonchev–Trinajstić information content (AvgIpc) is 2.73. The van der Waals surface area contributed by atoms with Crippen molar-refractivity contribution in [1.29, 1.82) is 0 Å². The van der Waals surface area contributed by atoms with Crippen molar-refractivity contribution in [2.75, 3.05) is 4.90 Å². The largest absolute Gasteiger partial charge is 0.346 e. The summed E-state index contributed by atoms with van der Waals surface area (Å²) in [6, 6.07) is 0. The molecule has 1 aliphatic heterocycles. The van der Waals surface area contributed by atoms with Gasteiger partial charge in [-0.2, -0.15) is 0 Å². The number of H-pyrrole nitrogens is 1. The molecular formula is C12H13N5O. The van der Waals surface area contributed by atoms with Gasteiger partial charge in [0.2, 0.25) is 0 Å². The number of anilines is 1. The molecule has 2 aromatic heterocycles. The zero-order valence-corrected chi connectivity index (χ0v) is 10.3. The molecule has 0 saturated carbocycles. The average molecular weight is 243 g/mol. The van der Waals surface area contributed by atoms with Gasteiger partial charge in [0.1, 0.15) is 18.0 Å². The fourth-order valence-corrected chi connectivity index (χ4v) is 2.26. The second-order valence-electron chi connectivity index (χ2n) is 4.46. The SMILES string of the molecule is Cc1nc2c(c(=O)[nH]1)CN(c1ncncc1C)C2. The number of fused-ring (bicyclic) bond motifs is 1. The van der Waals surface area contributed by atoms with Crippen LogP contribution in [0.3, 0.4) is 0 Å². The normalized spacial score (nSPS) is 13.8. The van der Waals surface area contributed by atoms with Crippen LogP contribution < -0.4 is 10.5 Å². The van der Waals surface area contributed by atoms with Gasteiger partial charge in [-0.05, 0) is 13.8 Å². The highest BCUT2D eigenvalue weighted by molar-refractivity contribution is 5.48. The Balaban J connectivity index is 2.01. The zero-order valence-electron chi connectivity index (χ0n) is 10.3. The third-order valence-electron chi connectivity index (χ3n) is 3.08. The van der Waals surface area contributed by atoms with Crippen molar-refractivity contribution in [2.24, 2.45) is 0 Å². The Labute approximate surface area is 104 Å². The van der Waals surface area contributed by atoms with E-state index in [1.54, 1.807) is 13.1 Å². The summed E-state index contributed by atoms with van der Waals surface area (Å²) in [5.41, 5.74) is 2.53. The number of aromatic amines is 1. The Bertz CT molecular complexity index is 664. The maximum Gasteiger partial charge on any atom is 0.256 e. The van der Waals surface area contributed by atoms with Crippen LogP contribution in [0, 0.1) is 13.8 Å². The van der Waals surface area contributed by atoms with Crippen molar-refractivity contribution in [3.63, 3.8) is 0 Å². The van der Waals surface area contributed by atoms with Gasteiger partial charge in [0, 0.05) is 11.8 Å². The second-order valence-corrected chi connectivity index (χ2v) is 4.46. The lowest BCUT2D eigenvalue weighted by molar-refractivity contribution is 0.834. The van der Waals surface area contributed by atoms with E-state index in [4.69, 9.17) is 0 Å². The zero-order chi connectivity index (χ0) is 12.7. The van der Waals surface area contributed by atoms with Crippen molar-refractivity contribution in [3.8, 4) is 0 Å². The number of nitrogens with one attached hydrogen (secondary N) is 1. The first-order chi connectivity index (χ1) is 8.65. The van der Waals surface area contributed by atoms with Crippen molar-refractivity contribution in [1.82, 2.24) is 19.9 Å². The van der Waals surface area contributed by atoms with Gasteiger partial charge in [-0.1, -0.05) is 0 Å². The Morgan fingerprint density at radius 3 is 2.94 bits per heavy atom. The first-order valence-corrected chi connectivity index (χ1v) is 5.75. The van der Waals surface area contributed by atoms with Crippen LogP contribution in [0.5, 0.6) is 0 Å². The van der Waals surface area contributed by atoms with Crippen molar-refractivity contribution < 1.29 is 0 Å². The topological polar surface area (TPSA) is 74.8 Å². The molecule has 0 aromatic carbocycles. The molecule has 6 nitrogen and oxygen atoms in total. The van der Waals surface area contributed by atoms with Gasteiger partial charge in [-0.3, -0.25) is 4.79 Å². The molecule has 2 aromatic rings. The van der Waals surface area contributed by atoms with Crippen LogP contribution in [0.1, 0.15) is 22.6 Å². The van der Waals surface area contributed by atoms with E-state index in [0.29, 0.717) is 18.9 Å². The highest BCUT2D eigenvalue weighted by Gasteiger charge is 2.25. The Morgan fingerprint density at radius 2 is 2.17 bits per heavy atom. The van der Waals surface area contributed by atoms with Crippen LogP contribution in [-0.4, -0.2) is 19.9 Å². The Morgan fingerprint density at radius 1 is 1.33 bits per heavy atom. The summed E-state index contributed by atoms with van der Waals surface area (Å²) in [6.45, 7) is 4.93. The molecule has 0 spiro atoms. The predicted molar refractivity (Wildman–Crippen MR) is 66.3 cm³/mol. The van der Waals surface area contributed by atoms with Gasteiger partial charge >= 0.3 is 0 Å². The van der Waals surface area contributed by atoms with Crippen LogP contribution in [0.25, 0.3) is 0 Å². The van der Waals surface area contributed by atoms with E-state index in [9.17, 15) is 4.79 Å². The van der Waals surface area contributed by atoms with Gasteiger partial charge in [-0.15, -0.1) is 0 Å². The number of aryl methyl sites for hydroxylation is 2.